The van der Waals surface area contributed by atoms with E-state index >= 15 is 0 Å². The Kier molecular flexibility index (Phi) is 10.0. The molecule has 0 aromatic carbocycles. The number of hydrogen-bond acceptors (Lipinski definition) is 1. The maximum absolute atomic E-state index is 9.22. The first-order valence-electron chi connectivity index (χ1n) is 5.24. The fraction of sp³-hybridized carbons (Fsp3) is 0.900. The molecule has 0 saturated heterocycles. The zero-order valence-electron chi connectivity index (χ0n) is 9.81. The molecule has 2 N–H and O–H groups in total. The molecule has 0 fully saturated rings. The quantitative estimate of drug-likeness (QED) is 0.706. The summed E-state index contributed by atoms with van der Waals surface area (Å²) in [7, 11) is -0.691. The summed E-state index contributed by atoms with van der Waals surface area (Å²) < 4.78 is 0. The molecule has 2 nitrogen and oxygen atoms in total. The normalized spacial score (nSPS) is 11.5. The number of rotatable bonds is 4. The molecule has 0 aliphatic carbocycles. The molecule has 0 radical (unpaired) electrons. The van der Waals surface area contributed by atoms with Crippen molar-refractivity contribution >= 4 is 13.2 Å². The van der Waals surface area contributed by atoms with Gasteiger partial charge >= 0.3 is 59.6 Å². The van der Waals surface area contributed by atoms with Gasteiger partial charge in [-0.05, 0) is 0 Å². The van der Waals surface area contributed by atoms with Gasteiger partial charge in [0.15, 0.2) is 0 Å². The topological polar surface area (TPSA) is 43.1 Å². The van der Waals surface area contributed by atoms with Crippen molar-refractivity contribution in [2.75, 3.05) is 24.6 Å². The predicted octanol–water partition coefficient (Wildman–Crippen LogP) is 2.31. The van der Waals surface area contributed by atoms with Crippen molar-refractivity contribution in [2.24, 2.45) is 5.73 Å². The van der Waals surface area contributed by atoms with Gasteiger partial charge in [-0.1, -0.05) is 0 Å². The van der Waals surface area contributed by atoms with Gasteiger partial charge in [0.25, 0.3) is 0 Å². The average Bonchev–Trinajstić information content (AvgIpc) is 2.09. The molecule has 0 aromatic heterocycles. The first-order valence-corrected chi connectivity index (χ1v) is 8.06. The van der Waals surface area contributed by atoms with Crippen molar-refractivity contribution in [1.82, 2.24) is 0 Å². The number of nitrogens with two attached hydrogens (primary N) is 1. The summed E-state index contributed by atoms with van der Waals surface area (Å²) >= 11 is 0. The molecular formula is C10H26NOP. The zero-order valence-corrected chi connectivity index (χ0v) is 10.8. The second-order valence-corrected chi connectivity index (χ2v) is 9.35. The van der Waals surface area contributed by atoms with Gasteiger partial charge in [-0.2, -0.15) is 0 Å². The third-order valence-corrected chi connectivity index (χ3v) is 9.00. The van der Waals surface area contributed by atoms with Crippen LogP contribution < -0.4 is 5.73 Å². The molecule has 0 rings (SSSR count). The fourth-order valence-corrected chi connectivity index (χ4v) is 4.50. The van der Waals surface area contributed by atoms with Gasteiger partial charge < -0.3 is 5.73 Å². The van der Waals surface area contributed by atoms with Crippen LogP contribution in [0.1, 0.15) is 34.6 Å². The number of amides is 1. The second-order valence-electron chi connectivity index (χ2n) is 3.52. The van der Waals surface area contributed by atoms with Crippen molar-refractivity contribution in [1.29, 1.82) is 0 Å². The van der Waals surface area contributed by atoms with E-state index in [4.69, 9.17) is 0 Å². The molecule has 3 heteroatoms. The van der Waals surface area contributed by atoms with Crippen LogP contribution in [0, 0.1) is 0 Å². The number of hydrogen-bond donors (Lipinski definition) is 1. The molecule has 0 atom stereocenters. The Morgan fingerprint density at radius 1 is 1.00 bits per heavy atom. The Bertz CT molecular complexity index is 111. The Morgan fingerprint density at radius 2 is 1.15 bits per heavy atom. The molecule has 0 spiro atoms. The third-order valence-electron chi connectivity index (χ3n) is 3.00. The Hall–Kier alpha value is -0.100. The van der Waals surface area contributed by atoms with E-state index in [1.54, 1.807) is 0 Å². The standard InChI is InChI=1S/C8H21P.C2H5NO/c1-5-9(6-2,7-3)8-4;1-2(3)4/h9H,5-8H2,1-4H3;1H3,(H2,3,4). The van der Waals surface area contributed by atoms with E-state index in [1.165, 1.54) is 31.6 Å². The van der Waals surface area contributed by atoms with Crippen LogP contribution in [0.25, 0.3) is 0 Å². The van der Waals surface area contributed by atoms with Crippen molar-refractivity contribution in [3.05, 3.63) is 0 Å². The molecular weight excluding hydrogens is 181 g/mol. The summed E-state index contributed by atoms with van der Waals surface area (Å²) in [5.74, 6) is -0.333. The van der Waals surface area contributed by atoms with E-state index in [0.717, 1.165) is 0 Å². The van der Waals surface area contributed by atoms with Gasteiger partial charge in [0.05, 0.1) is 0 Å². The zero-order chi connectivity index (χ0) is 10.9. The Balaban J connectivity index is 0. The molecule has 0 saturated carbocycles. The monoisotopic (exact) mass is 207 g/mol. The van der Waals surface area contributed by atoms with Crippen LogP contribution in [0.3, 0.4) is 0 Å². The Labute approximate surface area is 83.6 Å². The van der Waals surface area contributed by atoms with Gasteiger partial charge in [-0.15, -0.1) is 0 Å². The Morgan fingerprint density at radius 3 is 1.15 bits per heavy atom. The second kappa shape index (κ2) is 8.50. The van der Waals surface area contributed by atoms with Crippen LogP contribution in [0.4, 0.5) is 0 Å². The molecule has 0 heterocycles. The van der Waals surface area contributed by atoms with Crippen molar-refractivity contribution in [2.45, 2.75) is 34.6 Å². The van der Waals surface area contributed by atoms with Crippen LogP contribution in [0.15, 0.2) is 0 Å². The number of primary amides is 1. The van der Waals surface area contributed by atoms with Crippen molar-refractivity contribution in [3.8, 4) is 0 Å². The summed E-state index contributed by atoms with van der Waals surface area (Å²) in [6.07, 6.45) is 5.93. The molecule has 1 amide bonds. The van der Waals surface area contributed by atoms with Gasteiger partial charge in [0.2, 0.25) is 5.91 Å². The van der Waals surface area contributed by atoms with E-state index in [2.05, 4.69) is 33.4 Å². The fourth-order valence-electron chi connectivity index (χ4n) is 1.50. The molecule has 0 unspecified atom stereocenters. The number of carbonyl (C=O) groups excluding carboxylic acids is 1. The summed E-state index contributed by atoms with van der Waals surface area (Å²) in [6, 6.07) is 0. The summed E-state index contributed by atoms with van der Waals surface area (Å²) in [5.41, 5.74) is 4.47. The summed E-state index contributed by atoms with van der Waals surface area (Å²) in [4.78, 5) is 9.22. The van der Waals surface area contributed by atoms with Gasteiger partial charge in [0, 0.05) is 6.92 Å². The van der Waals surface area contributed by atoms with Gasteiger partial charge in [-0.3, -0.25) is 4.79 Å². The van der Waals surface area contributed by atoms with E-state index in [-0.39, 0.29) is 5.91 Å². The average molecular weight is 207 g/mol. The van der Waals surface area contributed by atoms with E-state index < -0.39 is 7.26 Å². The maximum atomic E-state index is 9.22. The SMILES string of the molecule is CC(N)=O.CC[PH](CC)(CC)CC. The minimum atomic E-state index is -0.691. The van der Waals surface area contributed by atoms with Gasteiger partial charge in [-0.25, -0.2) is 0 Å². The molecule has 0 aliphatic rings. The minimum absolute atomic E-state index is 0.333. The van der Waals surface area contributed by atoms with Crippen LogP contribution in [0.5, 0.6) is 0 Å². The molecule has 0 aromatic rings. The van der Waals surface area contributed by atoms with Crippen molar-refractivity contribution in [3.63, 3.8) is 0 Å². The molecule has 82 valence electrons. The van der Waals surface area contributed by atoms with Crippen LogP contribution in [-0.4, -0.2) is 30.6 Å². The van der Waals surface area contributed by atoms with E-state index in [1.807, 2.05) is 0 Å². The van der Waals surface area contributed by atoms with Gasteiger partial charge in [0.1, 0.15) is 0 Å². The van der Waals surface area contributed by atoms with Crippen LogP contribution in [0.2, 0.25) is 0 Å². The van der Waals surface area contributed by atoms with E-state index in [0.29, 0.717) is 0 Å². The molecule has 13 heavy (non-hydrogen) atoms. The van der Waals surface area contributed by atoms with Crippen LogP contribution in [-0.2, 0) is 4.79 Å². The molecule has 0 aliphatic heterocycles. The molecule has 0 bridgehead atoms. The summed E-state index contributed by atoms with van der Waals surface area (Å²) in [6.45, 7) is 10.8. The summed E-state index contributed by atoms with van der Waals surface area (Å²) in [5, 5.41) is 0. The predicted molar refractivity (Wildman–Crippen MR) is 65.3 cm³/mol. The van der Waals surface area contributed by atoms with E-state index in [9.17, 15) is 4.79 Å². The first-order chi connectivity index (χ1) is 5.97. The first kappa shape index (κ1) is 15.4. The third kappa shape index (κ3) is 8.24. The van der Waals surface area contributed by atoms with Crippen LogP contribution >= 0.6 is 7.26 Å². The van der Waals surface area contributed by atoms with Crippen molar-refractivity contribution < 1.29 is 4.79 Å². The number of carbonyl (C=O) groups is 1.